The highest BCUT2D eigenvalue weighted by molar-refractivity contribution is 6.00. The monoisotopic (exact) mass is 356 g/mol. The fourth-order valence-electron chi connectivity index (χ4n) is 2.91. The number of aryl methyl sites for hydroxylation is 1. The summed E-state index contributed by atoms with van der Waals surface area (Å²) in [6, 6.07) is 13.1. The van der Waals surface area contributed by atoms with Crippen LogP contribution in [0.1, 0.15) is 22.0 Å². The highest BCUT2D eigenvalue weighted by Gasteiger charge is 2.22. The SMILES string of the molecule is Cn1ccc(C(=O)NC(CO)c2ccc(F)cc2F)c1-c1ccccc1. The number of nitrogens with one attached hydrogen (secondary N) is 1. The molecule has 0 radical (unpaired) electrons. The van der Waals surface area contributed by atoms with Crippen molar-refractivity contribution >= 4 is 5.91 Å². The molecule has 0 aliphatic rings. The molecule has 1 aromatic heterocycles. The molecular formula is C20H18F2N2O2. The fraction of sp³-hybridized carbons (Fsp3) is 0.150. The van der Waals surface area contributed by atoms with Gasteiger partial charge in [0.25, 0.3) is 5.91 Å². The number of hydrogen-bond donors (Lipinski definition) is 2. The van der Waals surface area contributed by atoms with Crippen LogP contribution in [-0.4, -0.2) is 22.2 Å². The number of benzene rings is 2. The van der Waals surface area contributed by atoms with Gasteiger partial charge in [0.2, 0.25) is 0 Å². The molecule has 1 heterocycles. The van der Waals surface area contributed by atoms with Crippen LogP contribution in [0, 0.1) is 11.6 Å². The molecule has 0 saturated heterocycles. The second kappa shape index (κ2) is 7.49. The first-order valence-electron chi connectivity index (χ1n) is 8.08. The van der Waals surface area contributed by atoms with Crippen molar-refractivity contribution in [1.29, 1.82) is 0 Å². The molecule has 1 atom stereocenters. The van der Waals surface area contributed by atoms with Gasteiger partial charge in [0, 0.05) is 24.9 Å². The topological polar surface area (TPSA) is 54.3 Å². The Bertz CT molecular complexity index is 923. The van der Waals surface area contributed by atoms with Crippen molar-refractivity contribution in [2.45, 2.75) is 6.04 Å². The van der Waals surface area contributed by atoms with Gasteiger partial charge in [-0.15, -0.1) is 0 Å². The molecule has 1 unspecified atom stereocenters. The quantitative estimate of drug-likeness (QED) is 0.736. The summed E-state index contributed by atoms with van der Waals surface area (Å²) >= 11 is 0. The lowest BCUT2D eigenvalue weighted by atomic mass is 10.0. The molecule has 0 aliphatic carbocycles. The lowest BCUT2D eigenvalue weighted by Gasteiger charge is -2.18. The van der Waals surface area contributed by atoms with E-state index in [9.17, 15) is 18.7 Å². The molecule has 26 heavy (non-hydrogen) atoms. The Labute approximate surface area is 149 Å². The van der Waals surface area contributed by atoms with Crippen LogP contribution in [0.5, 0.6) is 0 Å². The van der Waals surface area contributed by atoms with Crippen LogP contribution in [0.4, 0.5) is 8.78 Å². The normalized spacial score (nSPS) is 12.0. The van der Waals surface area contributed by atoms with Crippen molar-refractivity contribution in [3.05, 3.63) is 83.6 Å². The van der Waals surface area contributed by atoms with Crippen LogP contribution < -0.4 is 5.32 Å². The minimum absolute atomic E-state index is 0.0273. The van der Waals surface area contributed by atoms with Gasteiger partial charge in [-0.05, 0) is 17.7 Å². The van der Waals surface area contributed by atoms with E-state index in [0.29, 0.717) is 11.3 Å². The number of halogens is 2. The number of rotatable bonds is 5. The number of hydrogen-bond acceptors (Lipinski definition) is 2. The maximum absolute atomic E-state index is 14.0. The van der Waals surface area contributed by atoms with Crippen LogP contribution in [-0.2, 0) is 7.05 Å². The highest BCUT2D eigenvalue weighted by Crippen LogP contribution is 2.25. The van der Waals surface area contributed by atoms with Crippen molar-refractivity contribution in [2.24, 2.45) is 7.05 Å². The maximum atomic E-state index is 14.0. The molecule has 0 saturated carbocycles. The zero-order chi connectivity index (χ0) is 18.7. The van der Waals surface area contributed by atoms with Crippen molar-refractivity contribution in [1.82, 2.24) is 9.88 Å². The number of aliphatic hydroxyl groups is 1. The van der Waals surface area contributed by atoms with Gasteiger partial charge >= 0.3 is 0 Å². The first kappa shape index (κ1) is 17.8. The summed E-state index contributed by atoms with van der Waals surface area (Å²) in [5.74, 6) is -1.99. The van der Waals surface area contributed by atoms with E-state index in [1.807, 2.05) is 41.9 Å². The van der Waals surface area contributed by atoms with Crippen molar-refractivity contribution < 1.29 is 18.7 Å². The first-order valence-corrected chi connectivity index (χ1v) is 8.08. The van der Waals surface area contributed by atoms with Crippen LogP contribution in [0.15, 0.2) is 60.8 Å². The number of carbonyl (C=O) groups is 1. The Kier molecular flexibility index (Phi) is 5.14. The van der Waals surface area contributed by atoms with E-state index >= 15 is 0 Å². The minimum Gasteiger partial charge on any atom is -0.394 e. The van der Waals surface area contributed by atoms with E-state index in [-0.39, 0.29) is 5.56 Å². The van der Waals surface area contributed by atoms with Crippen LogP contribution in [0.3, 0.4) is 0 Å². The van der Waals surface area contributed by atoms with Gasteiger partial charge in [-0.25, -0.2) is 8.78 Å². The first-order chi connectivity index (χ1) is 12.5. The van der Waals surface area contributed by atoms with Gasteiger partial charge in [-0.3, -0.25) is 4.79 Å². The van der Waals surface area contributed by atoms with Crippen LogP contribution >= 0.6 is 0 Å². The Morgan fingerprint density at radius 2 is 1.88 bits per heavy atom. The molecule has 3 aromatic rings. The standard InChI is InChI=1S/C20H18F2N2O2/c1-24-10-9-16(19(24)13-5-3-2-4-6-13)20(26)23-18(12-25)15-8-7-14(21)11-17(15)22/h2-11,18,25H,12H2,1H3,(H,23,26). The Morgan fingerprint density at radius 3 is 2.54 bits per heavy atom. The highest BCUT2D eigenvalue weighted by atomic mass is 19.1. The smallest absolute Gasteiger partial charge is 0.254 e. The maximum Gasteiger partial charge on any atom is 0.254 e. The Balaban J connectivity index is 1.90. The predicted octanol–water partition coefficient (Wildman–Crippen LogP) is 3.43. The summed E-state index contributed by atoms with van der Waals surface area (Å²) in [4.78, 5) is 12.7. The van der Waals surface area contributed by atoms with Crippen molar-refractivity contribution in [3.8, 4) is 11.3 Å². The Morgan fingerprint density at radius 1 is 1.15 bits per heavy atom. The third kappa shape index (κ3) is 3.50. The fourth-order valence-corrected chi connectivity index (χ4v) is 2.91. The average Bonchev–Trinajstić information content (AvgIpc) is 3.02. The van der Waals surface area contributed by atoms with Gasteiger partial charge < -0.3 is 15.0 Å². The summed E-state index contributed by atoms with van der Waals surface area (Å²) in [6.45, 7) is -0.512. The second-order valence-electron chi connectivity index (χ2n) is 5.93. The van der Waals surface area contributed by atoms with E-state index in [1.54, 1.807) is 12.3 Å². The van der Waals surface area contributed by atoms with Gasteiger partial charge in [0.1, 0.15) is 11.6 Å². The van der Waals surface area contributed by atoms with Crippen molar-refractivity contribution in [2.75, 3.05) is 6.61 Å². The Hall–Kier alpha value is -2.99. The number of nitrogens with zero attached hydrogens (tertiary/aromatic N) is 1. The lowest BCUT2D eigenvalue weighted by Crippen LogP contribution is -2.31. The molecule has 6 heteroatoms. The molecule has 0 aliphatic heterocycles. The molecular weight excluding hydrogens is 338 g/mol. The number of carbonyl (C=O) groups excluding carboxylic acids is 1. The number of aliphatic hydroxyl groups excluding tert-OH is 1. The van der Waals surface area contributed by atoms with Crippen LogP contribution in [0.2, 0.25) is 0 Å². The van der Waals surface area contributed by atoms with Gasteiger partial charge in [0.15, 0.2) is 0 Å². The van der Waals surface area contributed by atoms with E-state index in [4.69, 9.17) is 0 Å². The molecule has 2 aromatic carbocycles. The summed E-state index contributed by atoms with van der Waals surface area (Å²) in [5.41, 5.74) is 2.00. The van der Waals surface area contributed by atoms with E-state index in [0.717, 1.165) is 17.7 Å². The molecule has 3 rings (SSSR count). The van der Waals surface area contributed by atoms with E-state index in [2.05, 4.69) is 5.32 Å². The molecule has 2 N–H and O–H groups in total. The molecule has 4 nitrogen and oxygen atoms in total. The zero-order valence-electron chi connectivity index (χ0n) is 14.1. The summed E-state index contributed by atoms with van der Waals surface area (Å²) in [6.07, 6.45) is 1.75. The number of amides is 1. The molecule has 1 amide bonds. The van der Waals surface area contributed by atoms with Gasteiger partial charge in [0.05, 0.1) is 23.9 Å². The molecule has 134 valence electrons. The lowest BCUT2D eigenvalue weighted by molar-refractivity contribution is 0.0916. The van der Waals surface area contributed by atoms with Gasteiger partial charge in [-0.1, -0.05) is 36.4 Å². The minimum atomic E-state index is -0.980. The summed E-state index contributed by atoms with van der Waals surface area (Å²) < 4.78 is 28.9. The number of aromatic nitrogens is 1. The van der Waals surface area contributed by atoms with Gasteiger partial charge in [-0.2, -0.15) is 0 Å². The third-order valence-electron chi connectivity index (χ3n) is 4.19. The second-order valence-corrected chi connectivity index (χ2v) is 5.93. The average molecular weight is 356 g/mol. The predicted molar refractivity (Wildman–Crippen MR) is 94.5 cm³/mol. The molecule has 0 bridgehead atoms. The largest absolute Gasteiger partial charge is 0.394 e. The summed E-state index contributed by atoms with van der Waals surface area (Å²) in [5, 5.41) is 12.2. The third-order valence-corrected chi connectivity index (χ3v) is 4.19. The van der Waals surface area contributed by atoms with E-state index in [1.165, 1.54) is 6.07 Å². The summed E-state index contributed by atoms with van der Waals surface area (Å²) in [7, 11) is 1.82. The molecule has 0 spiro atoms. The molecule has 0 fully saturated rings. The van der Waals surface area contributed by atoms with E-state index < -0.39 is 30.2 Å². The van der Waals surface area contributed by atoms with Crippen molar-refractivity contribution in [3.63, 3.8) is 0 Å². The zero-order valence-corrected chi connectivity index (χ0v) is 14.1. The van der Waals surface area contributed by atoms with Crippen LogP contribution in [0.25, 0.3) is 11.3 Å².